The number of carbonyl (C=O) groups is 7. The molecule has 0 aliphatic heterocycles. The molecule has 0 unspecified atom stereocenters. The normalized spacial score (nSPS) is 14.2. The maximum absolute atomic E-state index is 13.9. The second-order valence-corrected chi connectivity index (χ2v) is 15.7. The predicted octanol–water partition coefficient (Wildman–Crippen LogP) is -0.450. The number of nitrogens with two attached hydrogens (primary N) is 4. The summed E-state index contributed by atoms with van der Waals surface area (Å²) in [4.78, 5) is 99.8. The van der Waals surface area contributed by atoms with Gasteiger partial charge in [0.25, 0.3) is 0 Å². The van der Waals surface area contributed by atoms with Crippen molar-refractivity contribution in [1.82, 2.24) is 31.9 Å². The van der Waals surface area contributed by atoms with E-state index in [2.05, 4.69) is 41.9 Å². The summed E-state index contributed by atoms with van der Waals surface area (Å²) >= 11 is 0. The van der Waals surface area contributed by atoms with E-state index >= 15 is 0 Å². The highest BCUT2D eigenvalue weighted by Crippen LogP contribution is 2.13. The molecule has 0 aliphatic carbocycles. The van der Waals surface area contributed by atoms with Gasteiger partial charge in [-0.2, -0.15) is 0 Å². The van der Waals surface area contributed by atoms with Gasteiger partial charge in [0, 0.05) is 20.0 Å². The molecule has 57 heavy (non-hydrogen) atoms. The molecule has 19 nitrogen and oxygen atoms in total. The number of unbranched alkanes of at least 4 members (excludes halogenated alkanes) is 1. The fourth-order valence-corrected chi connectivity index (χ4v) is 5.87. The lowest BCUT2D eigenvalue weighted by Crippen LogP contribution is -2.59. The minimum absolute atomic E-state index is 0.0389. The molecule has 0 radical (unpaired) electrons. The van der Waals surface area contributed by atoms with Crippen LogP contribution in [0.3, 0.4) is 0 Å². The maximum Gasteiger partial charge on any atom is 0.243 e. The van der Waals surface area contributed by atoms with Gasteiger partial charge < -0.3 is 59.6 Å². The molecule has 0 aliphatic rings. The minimum atomic E-state index is -1.08. The zero-order chi connectivity index (χ0) is 43.7. The van der Waals surface area contributed by atoms with Gasteiger partial charge in [-0.15, -0.1) is 0 Å². The number of aliphatic imine (C=N–C) groups is 2. The van der Waals surface area contributed by atoms with Crippen LogP contribution in [0.25, 0.3) is 0 Å². The summed E-state index contributed by atoms with van der Waals surface area (Å²) in [5.41, 5.74) is 21.5. The fourth-order valence-electron chi connectivity index (χ4n) is 5.87. The molecular formula is C38H72N12O7. The molecular weight excluding hydrogens is 736 g/mol. The second kappa shape index (κ2) is 28.4. The van der Waals surface area contributed by atoms with E-state index in [0.717, 1.165) is 6.42 Å². The number of rotatable bonds is 29. The molecule has 0 saturated carbocycles. The summed E-state index contributed by atoms with van der Waals surface area (Å²) in [6.45, 7) is 15.0. The van der Waals surface area contributed by atoms with Gasteiger partial charge in [-0.25, -0.2) is 0 Å². The number of hydrogen-bond donors (Lipinski definition) is 10. The highest BCUT2D eigenvalue weighted by Gasteiger charge is 2.33. The molecule has 0 aromatic carbocycles. The van der Waals surface area contributed by atoms with Crippen LogP contribution < -0.4 is 54.8 Å². The number of nitrogens with zero attached hydrogens (tertiary/aromatic N) is 2. The van der Waals surface area contributed by atoms with Gasteiger partial charge in [-0.05, 0) is 69.1 Å². The number of aldehydes is 1. The van der Waals surface area contributed by atoms with Gasteiger partial charge in [-0.3, -0.25) is 38.8 Å². The average Bonchev–Trinajstić information content (AvgIpc) is 3.10. The van der Waals surface area contributed by atoms with Crippen molar-refractivity contribution in [2.24, 2.45) is 50.7 Å². The Bertz CT molecular complexity index is 1350. The van der Waals surface area contributed by atoms with Gasteiger partial charge >= 0.3 is 0 Å². The lowest BCUT2D eigenvalue weighted by Gasteiger charge is -2.29. The van der Waals surface area contributed by atoms with E-state index in [1.807, 2.05) is 48.5 Å². The van der Waals surface area contributed by atoms with E-state index in [0.29, 0.717) is 32.0 Å². The summed E-state index contributed by atoms with van der Waals surface area (Å²) in [5, 5.41) is 16.4. The van der Waals surface area contributed by atoms with Crippen LogP contribution in [0.1, 0.15) is 120 Å². The average molecular weight is 809 g/mol. The Labute approximate surface area is 338 Å². The van der Waals surface area contributed by atoms with Gasteiger partial charge in [0.1, 0.15) is 36.5 Å². The molecule has 0 rings (SSSR count). The summed E-state index contributed by atoms with van der Waals surface area (Å²) in [5.74, 6) is -3.69. The lowest BCUT2D eigenvalue weighted by molar-refractivity contribution is -0.135. The van der Waals surface area contributed by atoms with Crippen molar-refractivity contribution in [3.63, 3.8) is 0 Å². The number of amides is 6. The lowest BCUT2D eigenvalue weighted by atomic mass is 9.98. The first kappa shape index (κ1) is 52.0. The first-order chi connectivity index (χ1) is 26.7. The minimum Gasteiger partial charge on any atom is -0.370 e. The van der Waals surface area contributed by atoms with Crippen LogP contribution in [0, 0.1) is 17.8 Å². The highest BCUT2D eigenvalue weighted by atomic mass is 16.2. The van der Waals surface area contributed by atoms with Crippen molar-refractivity contribution in [2.45, 2.75) is 156 Å². The van der Waals surface area contributed by atoms with Crippen LogP contribution in [0.2, 0.25) is 0 Å². The molecule has 0 heterocycles. The first-order valence-electron chi connectivity index (χ1n) is 20.0. The van der Waals surface area contributed by atoms with Gasteiger partial charge in [0.05, 0.1) is 6.04 Å². The Morgan fingerprint density at radius 3 is 1.19 bits per heavy atom. The molecule has 19 heteroatoms. The van der Waals surface area contributed by atoms with Crippen molar-refractivity contribution < 1.29 is 33.6 Å². The highest BCUT2D eigenvalue weighted by molar-refractivity contribution is 5.96. The van der Waals surface area contributed by atoms with E-state index in [-0.39, 0.29) is 74.9 Å². The van der Waals surface area contributed by atoms with Crippen LogP contribution >= 0.6 is 0 Å². The van der Waals surface area contributed by atoms with E-state index in [1.54, 1.807) is 0 Å². The Balaban J connectivity index is 6.17. The quantitative estimate of drug-likeness (QED) is 0.0200. The monoisotopic (exact) mass is 809 g/mol. The Morgan fingerprint density at radius 1 is 0.509 bits per heavy atom. The van der Waals surface area contributed by atoms with Gasteiger partial charge in [-0.1, -0.05) is 61.3 Å². The van der Waals surface area contributed by atoms with Crippen LogP contribution in [0.15, 0.2) is 9.98 Å². The standard InChI is InChI=1S/C38H72N12O7/c1-9-10-14-28(32(53)46-26(21-51)13-11-16-43-37(39)40)47-34(55)29(18-22(2)3)49-36(57)31(20-24(6)7)50-35(56)30(19-23(4)5)48-33(54)27(45-25(8)52)15-12-17-44-38(41)42/h21-24,26-31H,9-20H2,1-8H3,(H,45,52)(H,46,53)(H,47,55)(H,48,54)(H,49,57)(H,50,56)(H4,39,40,43)(H4,41,42,44)/t26-,27-,28-,29-,30-,31-/m0/s1. The van der Waals surface area contributed by atoms with Gasteiger partial charge in [0.15, 0.2) is 11.9 Å². The third kappa shape index (κ3) is 24.3. The van der Waals surface area contributed by atoms with Gasteiger partial charge in [0.2, 0.25) is 35.4 Å². The molecule has 0 aromatic heterocycles. The third-order valence-electron chi connectivity index (χ3n) is 8.60. The molecule has 0 fully saturated rings. The molecule has 0 aromatic rings. The van der Waals surface area contributed by atoms with Crippen LogP contribution in [0.5, 0.6) is 0 Å². The molecule has 6 atom stereocenters. The van der Waals surface area contributed by atoms with Crippen LogP contribution in [0.4, 0.5) is 0 Å². The van der Waals surface area contributed by atoms with Crippen LogP contribution in [-0.2, 0) is 33.6 Å². The number of guanidine groups is 2. The fraction of sp³-hybridized carbons (Fsp3) is 0.763. The van der Waals surface area contributed by atoms with Crippen molar-refractivity contribution in [2.75, 3.05) is 13.1 Å². The van der Waals surface area contributed by atoms with Crippen molar-refractivity contribution in [3.05, 3.63) is 0 Å². The molecule has 14 N–H and O–H groups in total. The molecule has 326 valence electrons. The van der Waals surface area contributed by atoms with E-state index in [1.165, 1.54) is 6.92 Å². The SMILES string of the molecule is CCCC[C@H](NC(=O)[C@H](CC(C)C)NC(=O)[C@H](CC(C)C)NC(=O)[C@H](CC(C)C)NC(=O)[C@H](CCCN=C(N)N)NC(C)=O)C(=O)N[C@H](C=O)CCCN=C(N)N. The number of nitrogens with one attached hydrogen (secondary N) is 6. The predicted molar refractivity (Wildman–Crippen MR) is 221 cm³/mol. The Hall–Kier alpha value is -4.97. The van der Waals surface area contributed by atoms with Crippen molar-refractivity contribution in [3.8, 4) is 0 Å². The van der Waals surface area contributed by atoms with Crippen LogP contribution in [-0.4, -0.2) is 103 Å². The Kier molecular flexibility index (Phi) is 25.9. The molecule has 0 bridgehead atoms. The van der Waals surface area contributed by atoms with Crippen molar-refractivity contribution >= 4 is 53.6 Å². The second-order valence-electron chi connectivity index (χ2n) is 15.7. The topological polar surface area (TPSA) is 320 Å². The summed E-state index contributed by atoms with van der Waals surface area (Å²) in [6.07, 6.45) is 4.24. The van der Waals surface area contributed by atoms with E-state index < -0.39 is 71.7 Å². The first-order valence-corrected chi connectivity index (χ1v) is 20.0. The Morgan fingerprint density at radius 2 is 0.842 bits per heavy atom. The molecule has 0 spiro atoms. The maximum atomic E-state index is 13.9. The zero-order valence-electron chi connectivity index (χ0n) is 35.3. The largest absolute Gasteiger partial charge is 0.370 e. The summed E-state index contributed by atoms with van der Waals surface area (Å²) in [7, 11) is 0. The van der Waals surface area contributed by atoms with Crippen molar-refractivity contribution in [1.29, 1.82) is 0 Å². The number of hydrogen-bond acceptors (Lipinski definition) is 9. The molecule has 6 amide bonds. The van der Waals surface area contributed by atoms with E-state index in [4.69, 9.17) is 22.9 Å². The third-order valence-corrected chi connectivity index (χ3v) is 8.60. The van der Waals surface area contributed by atoms with E-state index in [9.17, 15) is 33.6 Å². The molecule has 0 saturated heterocycles. The number of carbonyl (C=O) groups excluding carboxylic acids is 7. The zero-order valence-corrected chi connectivity index (χ0v) is 35.3. The summed E-state index contributed by atoms with van der Waals surface area (Å²) in [6, 6.07) is -5.97. The summed E-state index contributed by atoms with van der Waals surface area (Å²) < 4.78 is 0. The smallest absolute Gasteiger partial charge is 0.243 e.